The van der Waals surface area contributed by atoms with E-state index in [1.54, 1.807) is 6.92 Å². The summed E-state index contributed by atoms with van der Waals surface area (Å²) in [5.74, 6) is -0.936. The summed E-state index contributed by atoms with van der Waals surface area (Å²) in [6.07, 6.45) is 0.621. The summed E-state index contributed by atoms with van der Waals surface area (Å²) in [4.78, 5) is 23.7. The Bertz CT molecular complexity index is 637. The maximum Gasteiger partial charge on any atom is 0.308 e. The Kier molecular flexibility index (Phi) is 7.02. The number of rotatable bonds is 8. The van der Waals surface area contributed by atoms with Gasteiger partial charge in [0.25, 0.3) is 0 Å². The number of carbonyl (C=O) groups excluding carboxylic acids is 2. The highest BCUT2D eigenvalue weighted by Gasteiger charge is 2.16. The number of esters is 2. The molecule has 2 rings (SSSR count). The van der Waals surface area contributed by atoms with Crippen LogP contribution in [0.2, 0.25) is 0 Å². The van der Waals surface area contributed by atoms with E-state index in [-0.39, 0.29) is 37.5 Å². The SMILES string of the molecule is C[C@@H](CCC(=O)OCc1ccccc1)C(=O)OCc1ccccc1. The van der Waals surface area contributed by atoms with Crippen LogP contribution in [0.1, 0.15) is 30.9 Å². The second-order valence-corrected chi connectivity index (χ2v) is 5.68. The summed E-state index contributed by atoms with van der Waals surface area (Å²) < 4.78 is 10.5. The molecule has 0 amide bonds. The van der Waals surface area contributed by atoms with Gasteiger partial charge in [-0.3, -0.25) is 9.59 Å². The third-order valence-electron chi connectivity index (χ3n) is 3.65. The standard InChI is InChI=1S/C20H22O4/c1-16(20(22)24-15-18-10-6-3-7-11-18)12-13-19(21)23-14-17-8-4-2-5-9-17/h2-11,16H,12-15H2,1H3/t16-/m0/s1. The number of benzene rings is 2. The van der Waals surface area contributed by atoms with Crippen LogP contribution in [-0.2, 0) is 32.3 Å². The third kappa shape index (κ3) is 6.24. The molecule has 0 saturated heterocycles. The largest absolute Gasteiger partial charge is 0.461 e. The van der Waals surface area contributed by atoms with E-state index in [0.717, 1.165) is 11.1 Å². The molecule has 0 N–H and O–H groups in total. The lowest BCUT2D eigenvalue weighted by molar-refractivity contribution is -0.150. The minimum atomic E-state index is -0.335. The monoisotopic (exact) mass is 326 g/mol. The van der Waals surface area contributed by atoms with E-state index in [9.17, 15) is 9.59 Å². The van der Waals surface area contributed by atoms with Crippen LogP contribution in [0.15, 0.2) is 60.7 Å². The van der Waals surface area contributed by atoms with Gasteiger partial charge in [0.1, 0.15) is 13.2 Å². The van der Waals surface area contributed by atoms with Gasteiger partial charge in [0.15, 0.2) is 0 Å². The molecular weight excluding hydrogens is 304 g/mol. The Morgan fingerprint density at radius 2 is 1.33 bits per heavy atom. The maximum atomic E-state index is 11.9. The van der Waals surface area contributed by atoms with Gasteiger partial charge in [0.05, 0.1) is 5.92 Å². The molecule has 4 nitrogen and oxygen atoms in total. The molecule has 0 radical (unpaired) electrons. The highest BCUT2D eigenvalue weighted by molar-refractivity contribution is 5.74. The van der Waals surface area contributed by atoms with Gasteiger partial charge in [-0.15, -0.1) is 0 Å². The molecule has 0 saturated carbocycles. The van der Waals surface area contributed by atoms with Crippen molar-refractivity contribution in [2.45, 2.75) is 33.0 Å². The molecule has 24 heavy (non-hydrogen) atoms. The molecule has 4 heteroatoms. The van der Waals surface area contributed by atoms with Crippen molar-refractivity contribution >= 4 is 11.9 Å². The molecule has 2 aromatic carbocycles. The maximum absolute atomic E-state index is 11.9. The number of hydrogen-bond acceptors (Lipinski definition) is 4. The first-order valence-corrected chi connectivity index (χ1v) is 8.05. The van der Waals surface area contributed by atoms with Gasteiger partial charge in [0, 0.05) is 6.42 Å². The van der Waals surface area contributed by atoms with E-state index in [1.165, 1.54) is 0 Å². The lowest BCUT2D eigenvalue weighted by atomic mass is 10.1. The average molecular weight is 326 g/mol. The first-order valence-electron chi connectivity index (χ1n) is 8.05. The predicted molar refractivity (Wildman–Crippen MR) is 90.9 cm³/mol. The molecule has 0 fully saturated rings. The van der Waals surface area contributed by atoms with Gasteiger partial charge in [-0.2, -0.15) is 0 Å². The van der Waals surface area contributed by atoms with Crippen LogP contribution in [-0.4, -0.2) is 11.9 Å². The summed E-state index contributed by atoms with van der Waals surface area (Å²) in [6.45, 7) is 2.27. The fourth-order valence-corrected chi connectivity index (χ4v) is 2.13. The normalized spacial score (nSPS) is 11.5. The topological polar surface area (TPSA) is 52.6 Å². The summed E-state index contributed by atoms with van der Waals surface area (Å²) in [6, 6.07) is 19.0. The number of ether oxygens (including phenoxy) is 2. The number of hydrogen-bond donors (Lipinski definition) is 0. The Morgan fingerprint density at radius 1 is 0.833 bits per heavy atom. The van der Waals surface area contributed by atoms with Crippen LogP contribution in [0.3, 0.4) is 0 Å². The van der Waals surface area contributed by atoms with E-state index in [4.69, 9.17) is 9.47 Å². The van der Waals surface area contributed by atoms with Crippen LogP contribution in [0.4, 0.5) is 0 Å². The van der Waals surface area contributed by atoms with E-state index < -0.39 is 0 Å². The lowest BCUT2D eigenvalue weighted by Crippen LogP contribution is -2.16. The van der Waals surface area contributed by atoms with Gasteiger partial charge in [-0.05, 0) is 17.5 Å². The quantitative estimate of drug-likeness (QED) is 0.691. The van der Waals surface area contributed by atoms with Gasteiger partial charge in [-0.25, -0.2) is 0 Å². The van der Waals surface area contributed by atoms with Gasteiger partial charge < -0.3 is 9.47 Å². The van der Waals surface area contributed by atoms with Crippen molar-refractivity contribution in [1.82, 2.24) is 0 Å². The van der Waals surface area contributed by atoms with Crippen LogP contribution >= 0.6 is 0 Å². The van der Waals surface area contributed by atoms with Crippen molar-refractivity contribution in [2.75, 3.05) is 0 Å². The molecule has 0 aliphatic rings. The van der Waals surface area contributed by atoms with Crippen molar-refractivity contribution in [3.8, 4) is 0 Å². The average Bonchev–Trinajstić information content (AvgIpc) is 2.64. The second-order valence-electron chi connectivity index (χ2n) is 5.68. The van der Waals surface area contributed by atoms with Crippen molar-refractivity contribution in [2.24, 2.45) is 5.92 Å². The summed E-state index contributed by atoms with van der Waals surface area (Å²) >= 11 is 0. The van der Waals surface area contributed by atoms with Gasteiger partial charge in [0.2, 0.25) is 0 Å². The van der Waals surface area contributed by atoms with Crippen molar-refractivity contribution in [1.29, 1.82) is 0 Å². The highest BCUT2D eigenvalue weighted by atomic mass is 16.5. The van der Waals surface area contributed by atoms with Crippen LogP contribution in [0.5, 0.6) is 0 Å². The highest BCUT2D eigenvalue weighted by Crippen LogP contribution is 2.11. The molecule has 0 bridgehead atoms. The Balaban J connectivity index is 1.65. The molecule has 0 aromatic heterocycles. The van der Waals surface area contributed by atoms with Crippen molar-refractivity contribution < 1.29 is 19.1 Å². The lowest BCUT2D eigenvalue weighted by Gasteiger charge is -2.11. The van der Waals surface area contributed by atoms with E-state index in [0.29, 0.717) is 6.42 Å². The van der Waals surface area contributed by atoms with Gasteiger partial charge >= 0.3 is 11.9 Å². The van der Waals surface area contributed by atoms with E-state index >= 15 is 0 Å². The summed E-state index contributed by atoms with van der Waals surface area (Å²) in [7, 11) is 0. The second kappa shape index (κ2) is 9.50. The molecule has 1 atom stereocenters. The zero-order chi connectivity index (χ0) is 17.2. The van der Waals surface area contributed by atoms with Crippen LogP contribution in [0.25, 0.3) is 0 Å². The van der Waals surface area contributed by atoms with E-state index in [2.05, 4.69) is 0 Å². The molecule has 0 aliphatic heterocycles. The minimum Gasteiger partial charge on any atom is -0.461 e. The first kappa shape index (κ1) is 17.7. The molecule has 126 valence electrons. The molecular formula is C20H22O4. The van der Waals surface area contributed by atoms with Crippen LogP contribution in [0, 0.1) is 5.92 Å². The minimum absolute atomic E-state index is 0.203. The summed E-state index contributed by atoms with van der Waals surface area (Å²) in [5, 5.41) is 0. The fourth-order valence-electron chi connectivity index (χ4n) is 2.13. The Morgan fingerprint density at radius 3 is 1.88 bits per heavy atom. The van der Waals surface area contributed by atoms with Gasteiger partial charge in [-0.1, -0.05) is 67.6 Å². The predicted octanol–water partition coefficient (Wildman–Crippen LogP) is 3.89. The fraction of sp³-hybridized carbons (Fsp3) is 0.300. The Hall–Kier alpha value is -2.62. The first-order chi connectivity index (χ1) is 11.6. The number of carbonyl (C=O) groups is 2. The summed E-state index contributed by atoms with van der Waals surface area (Å²) in [5.41, 5.74) is 1.89. The molecule has 0 aliphatic carbocycles. The molecule has 0 unspecified atom stereocenters. The van der Waals surface area contributed by atoms with E-state index in [1.807, 2.05) is 60.7 Å². The smallest absolute Gasteiger partial charge is 0.308 e. The van der Waals surface area contributed by atoms with Crippen LogP contribution < -0.4 is 0 Å². The molecule has 0 spiro atoms. The zero-order valence-electron chi connectivity index (χ0n) is 13.8. The van der Waals surface area contributed by atoms with Crippen molar-refractivity contribution in [3.63, 3.8) is 0 Å². The molecule has 0 heterocycles. The third-order valence-corrected chi connectivity index (χ3v) is 3.65. The molecule has 2 aromatic rings. The zero-order valence-corrected chi connectivity index (χ0v) is 13.8. The Labute approximate surface area is 142 Å². The van der Waals surface area contributed by atoms with Crippen molar-refractivity contribution in [3.05, 3.63) is 71.8 Å².